The smallest absolute Gasteiger partial charge is 0.267 e. The van der Waals surface area contributed by atoms with E-state index in [1.807, 2.05) is 13.8 Å². The number of hydrogen-bond acceptors (Lipinski definition) is 4. The Kier molecular flexibility index (Phi) is 5.41. The normalized spacial score (nSPS) is 15.7. The predicted octanol–water partition coefficient (Wildman–Crippen LogP) is 4.04. The maximum Gasteiger partial charge on any atom is 0.267 e. The predicted molar refractivity (Wildman–Crippen MR) is 116 cm³/mol. The first kappa shape index (κ1) is 20.9. The van der Waals surface area contributed by atoms with E-state index in [1.54, 1.807) is 36.4 Å². The van der Waals surface area contributed by atoms with Crippen molar-refractivity contribution in [3.63, 3.8) is 0 Å². The summed E-state index contributed by atoms with van der Waals surface area (Å²) in [6.45, 7) is 3.46. The lowest BCUT2D eigenvalue weighted by Crippen LogP contribution is -2.48. The lowest BCUT2D eigenvalue weighted by atomic mass is 10.1. The average molecular weight is 440 g/mol. The van der Waals surface area contributed by atoms with Crippen molar-refractivity contribution in [2.75, 3.05) is 16.2 Å². The second kappa shape index (κ2) is 8.03. The Bertz CT molecular complexity index is 1240. The van der Waals surface area contributed by atoms with E-state index in [2.05, 4.69) is 5.32 Å². The molecule has 6 nitrogen and oxygen atoms in total. The number of ether oxygens (including phenoxy) is 1. The van der Waals surface area contributed by atoms with Crippen molar-refractivity contribution in [3.8, 4) is 5.75 Å². The fourth-order valence-corrected chi connectivity index (χ4v) is 4.81. The highest BCUT2D eigenvalue weighted by Crippen LogP contribution is 2.38. The molecule has 3 aromatic rings. The molecule has 1 N–H and O–H groups in total. The zero-order valence-electron chi connectivity index (χ0n) is 17.0. The molecule has 0 bridgehead atoms. The number of halogens is 1. The van der Waals surface area contributed by atoms with Crippen LogP contribution in [0.15, 0.2) is 71.6 Å². The first-order chi connectivity index (χ1) is 14.8. The molecule has 31 heavy (non-hydrogen) atoms. The number of nitrogens with one attached hydrogen (secondary N) is 1. The van der Waals surface area contributed by atoms with Gasteiger partial charge in [0.15, 0.2) is 6.10 Å². The minimum absolute atomic E-state index is 0.000851. The fourth-order valence-electron chi connectivity index (χ4n) is 3.34. The molecule has 0 fully saturated rings. The van der Waals surface area contributed by atoms with E-state index in [0.29, 0.717) is 5.69 Å². The molecule has 1 amide bonds. The van der Waals surface area contributed by atoms with E-state index in [9.17, 15) is 17.6 Å². The largest absolute Gasteiger partial charge is 0.476 e. The summed E-state index contributed by atoms with van der Waals surface area (Å²) >= 11 is 0. The van der Waals surface area contributed by atoms with Crippen molar-refractivity contribution in [1.29, 1.82) is 0 Å². The summed E-state index contributed by atoms with van der Waals surface area (Å²) < 4.78 is 47.8. The van der Waals surface area contributed by atoms with Gasteiger partial charge in [-0.1, -0.05) is 35.9 Å². The molecule has 8 heteroatoms. The van der Waals surface area contributed by atoms with Crippen LogP contribution in [0.3, 0.4) is 0 Å². The molecular weight excluding hydrogens is 419 g/mol. The summed E-state index contributed by atoms with van der Waals surface area (Å²) in [5, 5.41) is 2.48. The summed E-state index contributed by atoms with van der Waals surface area (Å²) in [5.41, 5.74) is 2.13. The van der Waals surface area contributed by atoms with Crippen LogP contribution in [-0.2, 0) is 14.8 Å². The fraction of sp³-hybridized carbons (Fsp3) is 0.174. The highest BCUT2D eigenvalue weighted by molar-refractivity contribution is 7.92. The summed E-state index contributed by atoms with van der Waals surface area (Å²) in [6.07, 6.45) is -1.16. The minimum Gasteiger partial charge on any atom is -0.476 e. The first-order valence-corrected chi connectivity index (χ1v) is 11.1. The van der Waals surface area contributed by atoms with Gasteiger partial charge in [0.25, 0.3) is 15.9 Å². The molecule has 0 unspecified atom stereocenters. The van der Waals surface area contributed by atoms with E-state index < -0.39 is 27.9 Å². The third-order valence-electron chi connectivity index (χ3n) is 5.02. The van der Waals surface area contributed by atoms with Gasteiger partial charge < -0.3 is 10.1 Å². The number of carbonyl (C=O) groups is 1. The zero-order chi connectivity index (χ0) is 22.2. The number of anilines is 2. The highest BCUT2D eigenvalue weighted by Gasteiger charge is 2.37. The van der Waals surface area contributed by atoms with Gasteiger partial charge in [-0.25, -0.2) is 12.8 Å². The molecule has 0 aromatic heterocycles. The van der Waals surface area contributed by atoms with Gasteiger partial charge in [-0.3, -0.25) is 9.10 Å². The van der Waals surface area contributed by atoms with Crippen molar-refractivity contribution in [2.24, 2.45) is 0 Å². The molecule has 3 aromatic carbocycles. The van der Waals surface area contributed by atoms with Gasteiger partial charge in [0.05, 0.1) is 22.8 Å². The number of amides is 1. The Hall–Kier alpha value is -3.39. The number of nitrogens with zero attached hydrogens (tertiary/aromatic N) is 1. The Morgan fingerprint density at radius 2 is 1.71 bits per heavy atom. The van der Waals surface area contributed by atoms with Crippen molar-refractivity contribution in [3.05, 3.63) is 83.7 Å². The third-order valence-corrected chi connectivity index (χ3v) is 6.81. The van der Waals surface area contributed by atoms with Crippen LogP contribution in [0, 0.1) is 19.7 Å². The van der Waals surface area contributed by atoms with Crippen LogP contribution in [0.2, 0.25) is 0 Å². The number of para-hydroxylation sites is 1. The quantitative estimate of drug-likeness (QED) is 0.665. The Morgan fingerprint density at radius 1 is 1.03 bits per heavy atom. The van der Waals surface area contributed by atoms with E-state index >= 15 is 0 Å². The standard InChI is InChI=1S/C23H21FN2O4S/c1-15-7-10-17(11-8-15)31(28,29)26-14-22(30-21-13-16(2)9-12-20(21)26)23(27)25-19-6-4-3-5-18(19)24/h3-13,22H,14H2,1-2H3,(H,25,27)/t22-/m0/s1. The number of rotatable bonds is 4. The minimum atomic E-state index is -3.95. The van der Waals surface area contributed by atoms with Crippen molar-refractivity contribution in [1.82, 2.24) is 0 Å². The van der Waals surface area contributed by atoms with Gasteiger partial charge in [0.1, 0.15) is 11.6 Å². The number of benzene rings is 3. The number of carbonyl (C=O) groups excluding carboxylic acids is 1. The van der Waals surface area contributed by atoms with E-state index in [0.717, 1.165) is 11.1 Å². The summed E-state index contributed by atoms with van der Waals surface area (Å²) in [4.78, 5) is 13.0. The molecule has 1 aliphatic rings. The molecule has 0 saturated heterocycles. The molecule has 1 atom stereocenters. The van der Waals surface area contributed by atoms with Gasteiger partial charge in [-0.05, 0) is 55.8 Å². The van der Waals surface area contributed by atoms with E-state index in [4.69, 9.17) is 4.74 Å². The molecule has 1 heterocycles. The van der Waals surface area contributed by atoms with E-state index in [1.165, 1.54) is 34.6 Å². The zero-order valence-corrected chi connectivity index (χ0v) is 17.8. The van der Waals surface area contributed by atoms with Gasteiger partial charge >= 0.3 is 0 Å². The SMILES string of the molecule is Cc1ccc(S(=O)(=O)N2C[C@@H](C(=O)Nc3ccccc3F)Oc3cc(C)ccc32)cc1. The first-order valence-electron chi connectivity index (χ1n) is 9.68. The van der Waals surface area contributed by atoms with Gasteiger partial charge in [0, 0.05) is 0 Å². The molecule has 160 valence electrons. The molecule has 1 aliphatic heterocycles. The van der Waals surface area contributed by atoms with Gasteiger partial charge in [-0.2, -0.15) is 0 Å². The molecule has 0 saturated carbocycles. The van der Waals surface area contributed by atoms with Crippen LogP contribution in [-0.4, -0.2) is 27.0 Å². The molecule has 0 radical (unpaired) electrons. The monoisotopic (exact) mass is 440 g/mol. The summed E-state index contributed by atoms with van der Waals surface area (Å²) in [5.74, 6) is -0.955. The Morgan fingerprint density at radius 3 is 2.42 bits per heavy atom. The third kappa shape index (κ3) is 4.11. The summed E-state index contributed by atoms with van der Waals surface area (Å²) in [6, 6.07) is 17.3. The highest BCUT2D eigenvalue weighted by atomic mass is 32.2. The lowest BCUT2D eigenvalue weighted by molar-refractivity contribution is -0.122. The molecule has 4 rings (SSSR count). The second-order valence-corrected chi connectivity index (χ2v) is 9.26. The maximum atomic E-state index is 14.0. The Balaban J connectivity index is 1.71. The Labute approximate surface area is 180 Å². The van der Waals surface area contributed by atoms with Crippen LogP contribution in [0.5, 0.6) is 5.75 Å². The van der Waals surface area contributed by atoms with E-state index in [-0.39, 0.29) is 22.9 Å². The number of hydrogen-bond donors (Lipinski definition) is 1. The molecule has 0 aliphatic carbocycles. The second-order valence-electron chi connectivity index (χ2n) is 7.40. The number of fused-ring (bicyclic) bond motifs is 1. The number of aryl methyl sites for hydroxylation is 2. The average Bonchev–Trinajstić information content (AvgIpc) is 2.74. The van der Waals surface area contributed by atoms with Crippen LogP contribution in [0.25, 0.3) is 0 Å². The number of sulfonamides is 1. The maximum absolute atomic E-state index is 14.0. The van der Waals surface area contributed by atoms with Gasteiger partial charge in [0.2, 0.25) is 0 Å². The summed E-state index contributed by atoms with van der Waals surface area (Å²) in [7, 11) is -3.95. The van der Waals surface area contributed by atoms with Crippen molar-refractivity contribution < 1.29 is 22.3 Å². The molecular formula is C23H21FN2O4S. The van der Waals surface area contributed by atoms with Crippen LogP contribution in [0.1, 0.15) is 11.1 Å². The van der Waals surface area contributed by atoms with Crippen LogP contribution < -0.4 is 14.4 Å². The van der Waals surface area contributed by atoms with Gasteiger partial charge in [-0.15, -0.1) is 0 Å². The van der Waals surface area contributed by atoms with Crippen molar-refractivity contribution >= 4 is 27.3 Å². The van der Waals surface area contributed by atoms with Crippen LogP contribution in [0.4, 0.5) is 15.8 Å². The van der Waals surface area contributed by atoms with Crippen LogP contribution >= 0.6 is 0 Å². The van der Waals surface area contributed by atoms with Crippen molar-refractivity contribution in [2.45, 2.75) is 24.8 Å². The topological polar surface area (TPSA) is 75.7 Å². The molecule has 0 spiro atoms. The lowest BCUT2D eigenvalue weighted by Gasteiger charge is -2.35.